The minimum Gasteiger partial charge on any atom is -0.341 e. The SMILES string of the molecule is C=CCCC(CN(C)Cc1ccc(Cl)cc1)C(=O)N1CCSCC1. The van der Waals surface area contributed by atoms with Gasteiger partial charge in [-0.1, -0.05) is 29.8 Å². The first-order valence-electron chi connectivity index (χ1n) is 8.50. The van der Waals surface area contributed by atoms with Crippen molar-refractivity contribution in [3.63, 3.8) is 0 Å². The van der Waals surface area contributed by atoms with E-state index in [0.717, 1.165) is 55.5 Å². The van der Waals surface area contributed by atoms with E-state index in [4.69, 9.17) is 11.6 Å². The minimum atomic E-state index is 0.0448. The molecule has 1 aromatic carbocycles. The number of allylic oxidation sites excluding steroid dienone is 1. The summed E-state index contributed by atoms with van der Waals surface area (Å²) in [5.74, 6) is 2.46. The van der Waals surface area contributed by atoms with E-state index in [0.29, 0.717) is 5.91 Å². The predicted molar refractivity (Wildman–Crippen MR) is 105 cm³/mol. The quantitative estimate of drug-likeness (QED) is 0.651. The van der Waals surface area contributed by atoms with Gasteiger partial charge in [0.05, 0.1) is 5.92 Å². The number of benzene rings is 1. The summed E-state index contributed by atoms with van der Waals surface area (Å²) in [7, 11) is 2.08. The molecule has 0 bridgehead atoms. The Morgan fingerprint density at radius 1 is 1.38 bits per heavy atom. The van der Waals surface area contributed by atoms with Crippen molar-refractivity contribution in [2.45, 2.75) is 19.4 Å². The molecule has 1 amide bonds. The van der Waals surface area contributed by atoms with Crippen molar-refractivity contribution in [3.8, 4) is 0 Å². The van der Waals surface area contributed by atoms with Crippen LogP contribution in [0.4, 0.5) is 0 Å². The molecule has 132 valence electrons. The molecule has 1 fully saturated rings. The van der Waals surface area contributed by atoms with E-state index >= 15 is 0 Å². The van der Waals surface area contributed by atoms with Crippen LogP contribution in [-0.4, -0.2) is 53.9 Å². The maximum absolute atomic E-state index is 12.9. The van der Waals surface area contributed by atoms with E-state index in [1.54, 1.807) is 0 Å². The Morgan fingerprint density at radius 2 is 2.04 bits per heavy atom. The van der Waals surface area contributed by atoms with E-state index in [2.05, 4.69) is 18.5 Å². The molecule has 1 heterocycles. The lowest BCUT2D eigenvalue weighted by molar-refractivity contribution is -0.136. The third kappa shape index (κ3) is 6.15. The molecule has 1 aliphatic rings. The summed E-state index contributed by atoms with van der Waals surface area (Å²) in [5, 5.41) is 0.753. The third-order valence-electron chi connectivity index (χ3n) is 4.29. The number of hydrogen-bond acceptors (Lipinski definition) is 3. The summed E-state index contributed by atoms with van der Waals surface area (Å²) in [4.78, 5) is 17.1. The van der Waals surface area contributed by atoms with E-state index in [9.17, 15) is 4.79 Å². The second kappa shape index (κ2) is 10.1. The smallest absolute Gasteiger partial charge is 0.227 e. The number of thioether (sulfide) groups is 1. The number of amides is 1. The van der Waals surface area contributed by atoms with Crippen LogP contribution in [0.1, 0.15) is 18.4 Å². The molecule has 0 radical (unpaired) electrons. The van der Waals surface area contributed by atoms with Crippen molar-refractivity contribution in [2.24, 2.45) is 5.92 Å². The highest BCUT2D eigenvalue weighted by molar-refractivity contribution is 7.99. The van der Waals surface area contributed by atoms with Crippen LogP contribution in [0.5, 0.6) is 0 Å². The van der Waals surface area contributed by atoms with Gasteiger partial charge in [0.25, 0.3) is 0 Å². The molecule has 0 aromatic heterocycles. The van der Waals surface area contributed by atoms with Gasteiger partial charge in [-0.25, -0.2) is 0 Å². The van der Waals surface area contributed by atoms with Crippen LogP contribution in [0, 0.1) is 5.92 Å². The predicted octanol–water partition coefficient (Wildman–Crippen LogP) is 3.93. The van der Waals surface area contributed by atoms with Crippen LogP contribution in [0.3, 0.4) is 0 Å². The lowest BCUT2D eigenvalue weighted by Gasteiger charge is -2.32. The number of carbonyl (C=O) groups is 1. The normalized spacial score (nSPS) is 16.2. The number of halogens is 1. The van der Waals surface area contributed by atoms with E-state index < -0.39 is 0 Å². The minimum absolute atomic E-state index is 0.0448. The fourth-order valence-corrected chi connectivity index (χ4v) is 4.03. The Hall–Kier alpha value is -0.970. The summed E-state index contributed by atoms with van der Waals surface area (Å²) < 4.78 is 0. The van der Waals surface area contributed by atoms with Crippen LogP contribution < -0.4 is 0 Å². The number of nitrogens with zero attached hydrogens (tertiary/aromatic N) is 2. The topological polar surface area (TPSA) is 23.6 Å². The third-order valence-corrected chi connectivity index (χ3v) is 5.48. The van der Waals surface area contributed by atoms with Crippen molar-refractivity contribution < 1.29 is 4.79 Å². The Labute approximate surface area is 155 Å². The summed E-state index contributed by atoms with van der Waals surface area (Å²) in [6, 6.07) is 7.91. The van der Waals surface area contributed by atoms with Crippen molar-refractivity contribution in [1.29, 1.82) is 0 Å². The van der Waals surface area contributed by atoms with Gasteiger partial charge in [0.2, 0.25) is 5.91 Å². The molecule has 3 nitrogen and oxygen atoms in total. The van der Waals surface area contributed by atoms with Gasteiger partial charge in [-0.05, 0) is 37.6 Å². The fraction of sp³-hybridized carbons (Fsp3) is 0.526. The molecule has 2 rings (SSSR count). The molecule has 1 atom stereocenters. The van der Waals surface area contributed by atoms with Crippen LogP contribution in [0.25, 0.3) is 0 Å². The molecule has 1 saturated heterocycles. The molecule has 1 aliphatic heterocycles. The maximum Gasteiger partial charge on any atom is 0.227 e. The molecule has 0 spiro atoms. The van der Waals surface area contributed by atoms with Gasteiger partial charge in [0.15, 0.2) is 0 Å². The Kier molecular flexibility index (Phi) is 8.16. The van der Waals surface area contributed by atoms with Crippen LogP contribution in [0.15, 0.2) is 36.9 Å². The number of rotatable bonds is 8. The van der Waals surface area contributed by atoms with Gasteiger partial charge in [0.1, 0.15) is 0 Å². The molecule has 1 aromatic rings. The lowest BCUT2D eigenvalue weighted by Crippen LogP contribution is -2.44. The average Bonchev–Trinajstić information content (AvgIpc) is 2.60. The van der Waals surface area contributed by atoms with Crippen molar-refractivity contribution in [1.82, 2.24) is 9.80 Å². The molecule has 1 unspecified atom stereocenters. The van der Waals surface area contributed by atoms with Crippen LogP contribution in [0.2, 0.25) is 5.02 Å². The monoisotopic (exact) mass is 366 g/mol. The number of carbonyl (C=O) groups excluding carboxylic acids is 1. The summed E-state index contributed by atoms with van der Waals surface area (Å²) in [6.45, 7) is 7.17. The molecule has 0 saturated carbocycles. The second-order valence-corrected chi connectivity index (χ2v) is 7.99. The second-order valence-electron chi connectivity index (χ2n) is 6.32. The fourth-order valence-electron chi connectivity index (χ4n) is 3.00. The molecule has 0 aliphatic carbocycles. The highest BCUT2D eigenvalue weighted by Gasteiger charge is 2.26. The van der Waals surface area contributed by atoms with Gasteiger partial charge in [0, 0.05) is 42.7 Å². The molecule has 24 heavy (non-hydrogen) atoms. The first kappa shape index (κ1) is 19.4. The van der Waals surface area contributed by atoms with Gasteiger partial charge >= 0.3 is 0 Å². The zero-order valence-corrected chi connectivity index (χ0v) is 16.0. The van der Waals surface area contributed by atoms with Gasteiger partial charge in [-0.2, -0.15) is 11.8 Å². The Bertz CT molecular complexity index is 529. The van der Waals surface area contributed by atoms with Crippen LogP contribution >= 0.6 is 23.4 Å². The Morgan fingerprint density at radius 3 is 2.67 bits per heavy atom. The first-order valence-corrected chi connectivity index (χ1v) is 10.0. The zero-order valence-electron chi connectivity index (χ0n) is 14.4. The zero-order chi connectivity index (χ0) is 17.4. The summed E-state index contributed by atoms with van der Waals surface area (Å²) >= 11 is 7.87. The average molecular weight is 367 g/mol. The van der Waals surface area contributed by atoms with Crippen molar-refractivity contribution >= 4 is 29.3 Å². The Balaban J connectivity index is 1.94. The van der Waals surface area contributed by atoms with E-state index in [-0.39, 0.29) is 5.92 Å². The van der Waals surface area contributed by atoms with E-state index in [1.807, 2.05) is 47.0 Å². The molecule has 0 N–H and O–H groups in total. The van der Waals surface area contributed by atoms with Gasteiger partial charge in [-0.15, -0.1) is 6.58 Å². The highest BCUT2D eigenvalue weighted by Crippen LogP contribution is 2.18. The molecule has 5 heteroatoms. The number of hydrogen-bond donors (Lipinski definition) is 0. The first-order chi connectivity index (χ1) is 11.6. The molecular formula is C19H27ClN2OS. The summed E-state index contributed by atoms with van der Waals surface area (Å²) in [6.07, 6.45) is 3.66. The summed E-state index contributed by atoms with van der Waals surface area (Å²) in [5.41, 5.74) is 1.21. The van der Waals surface area contributed by atoms with Crippen molar-refractivity contribution in [3.05, 3.63) is 47.5 Å². The largest absolute Gasteiger partial charge is 0.341 e. The van der Waals surface area contributed by atoms with E-state index in [1.165, 1.54) is 5.56 Å². The maximum atomic E-state index is 12.9. The highest BCUT2D eigenvalue weighted by atomic mass is 35.5. The van der Waals surface area contributed by atoms with Gasteiger partial charge < -0.3 is 9.80 Å². The standard InChI is InChI=1S/C19H27ClN2OS/c1-3-4-5-17(19(23)22-10-12-24-13-11-22)15-21(2)14-16-6-8-18(20)9-7-16/h3,6-9,17H,1,4-5,10-15H2,2H3. The lowest BCUT2D eigenvalue weighted by atomic mass is 10.00. The van der Waals surface area contributed by atoms with Crippen LogP contribution in [-0.2, 0) is 11.3 Å². The molecular weight excluding hydrogens is 340 g/mol. The van der Waals surface area contributed by atoms with Crippen molar-refractivity contribution in [2.75, 3.05) is 38.2 Å². The van der Waals surface area contributed by atoms with Gasteiger partial charge in [-0.3, -0.25) is 4.79 Å².